The fraction of sp³-hybridized carbons (Fsp3) is 0.533. The van der Waals surface area contributed by atoms with Gasteiger partial charge in [0, 0.05) is 43.2 Å². The molecule has 2 aromatic heterocycles. The van der Waals surface area contributed by atoms with Crippen molar-refractivity contribution in [2.75, 3.05) is 6.54 Å². The molecule has 3 rings (SSSR count). The van der Waals surface area contributed by atoms with Crippen LogP contribution in [-0.2, 0) is 18.3 Å². The molecule has 0 saturated carbocycles. The van der Waals surface area contributed by atoms with Crippen molar-refractivity contribution in [1.29, 1.82) is 0 Å². The van der Waals surface area contributed by atoms with Gasteiger partial charge in [-0.05, 0) is 20.3 Å². The van der Waals surface area contributed by atoms with Crippen LogP contribution in [0.5, 0.6) is 0 Å². The molecule has 1 aliphatic rings. The van der Waals surface area contributed by atoms with Crippen LogP contribution in [-0.4, -0.2) is 38.2 Å². The zero-order valence-corrected chi connectivity index (χ0v) is 13.7. The first-order valence-corrected chi connectivity index (χ1v) is 7.82. The van der Waals surface area contributed by atoms with Crippen LogP contribution >= 0.6 is 0 Å². The summed E-state index contributed by atoms with van der Waals surface area (Å²) in [6.45, 7) is 4.64. The Kier molecular flexibility index (Phi) is 4.44. The lowest BCUT2D eigenvalue weighted by atomic mass is 10.00. The number of rotatable bonds is 5. The second-order valence-corrected chi connectivity index (χ2v) is 5.96. The predicted octanol–water partition coefficient (Wildman–Crippen LogP) is 0.0265. The zero-order chi connectivity index (χ0) is 16.4. The van der Waals surface area contributed by atoms with Gasteiger partial charge in [0.25, 0.3) is 0 Å². The Morgan fingerprint density at radius 1 is 1.43 bits per heavy atom. The summed E-state index contributed by atoms with van der Waals surface area (Å²) in [5, 5.41) is 7.40. The van der Waals surface area contributed by atoms with Gasteiger partial charge in [-0.2, -0.15) is 5.10 Å². The fourth-order valence-corrected chi connectivity index (χ4v) is 3.08. The third kappa shape index (κ3) is 3.27. The summed E-state index contributed by atoms with van der Waals surface area (Å²) in [5.41, 5.74) is 10.6. The Labute approximate surface area is 135 Å². The molecule has 8 heteroatoms. The topological polar surface area (TPSA) is 99.7 Å². The minimum absolute atomic E-state index is 0.0127. The Morgan fingerprint density at radius 2 is 2.26 bits per heavy atom. The maximum absolute atomic E-state index is 12.3. The molecule has 1 saturated heterocycles. The van der Waals surface area contributed by atoms with Gasteiger partial charge in [-0.1, -0.05) is 0 Å². The van der Waals surface area contributed by atoms with E-state index in [0.717, 1.165) is 23.5 Å². The molecule has 1 aliphatic heterocycles. The zero-order valence-electron chi connectivity index (χ0n) is 13.7. The van der Waals surface area contributed by atoms with Crippen molar-refractivity contribution >= 4 is 5.91 Å². The number of H-pyrrole nitrogens is 1. The lowest BCUT2D eigenvalue weighted by Gasteiger charge is -2.11. The highest BCUT2D eigenvalue weighted by Gasteiger charge is 2.32. The summed E-state index contributed by atoms with van der Waals surface area (Å²) < 4.78 is 1.88. The Bertz CT molecular complexity index is 676. The fourth-order valence-electron chi connectivity index (χ4n) is 3.08. The second-order valence-electron chi connectivity index (χ2n) is 5.96. The average Bonchev–Trinajstić information content (AvgIpc) is 3.22. The van der Waals surface area contributed by atoms with Gasteiger partial charge >= 0.3 is 0 Å². The normalized spacial score (nSPS) is 20.8. The van der Waals surface area contributed by atoms with Gasteiger partial charge in [-0.3, -0.25) is 9.48 Å². The molecule has 0 aromatic carbocycles. The highest BCUT2D eigenvalue weighted by Crippen LogP contribution is 2.27. The van der Waals surface area contributed by atoms with Crippen molar-refractivity contribution in [3.63, 3.8) is 0 Å². The number of hydrogen-bond donors (Lipinski definition) is 4. The molecule has 2 aromatic rings. The lowest BCUT2D eigenvalue weighted by molar-refractivity contribution is -0.122. The number of aromatic amines is 1. The first-order valence-electron chi connectivity index (χ1n) is 7.82. The maximum atomic E-state index is 12.3. The molecule has 4 N–H and O–H groups in total. The average molecular weight is 317 g/mol. The third-order valence-corrected chi connectivity index (χ3v) is 4.38. The van der Waals surface area contributed by atoms with E-state index in [0.29, 0.717) is 13.0 Å². The quantitative estimate of drug-likeness (QED) is 0.623. The Morgan fingerprint density at radius 3 is 2.91 bits per heavy atom. The number of hydrazine groups is 1. The van der Waals surface area contributed by atoms with Gasteiger partial charge in [-0.25, -0.2) is 15.8 Å². The summed E-state index contributed by atoms with van der Waals surface area (Å²) in [7, 11) is 1.94. The molecule has 1 fully saturated rings. The molecule has 0 aliphatic carbocycles. The molecule has 23 heavy (non-hydrogen) atoms. The van der Waals surface area contributed by atoms with E-state index in [9.17, 15) is 4.79 Å². The number of carbonyl (C=O) groups excluding carboxylic acids is 1. The molecule has 1 amide bonds. The van der Waals surface area contributed by atoms with Gasteiger partial charge in [-0.15, -0.1) is 0 Å². The Balaban J connectivity index is 1.53. The summed E-state index contributed by atoms with van der Waals surface area (Å²) in [6.07, 6.45) is 4.87. The maximum Gasteiger partial charge on any atom is 0.238 e. The largest absolute Gasteiger partial charge is 0.354 e. The van der Waals surface area contributed by atoms with Crippen molar-refractivity contribution in [2.45, 2.75) is 38.8 Å². The highest BCUT2D eigenvalue weighted by atomic mass is 16.2. The lowest BCUT2D eigenvalue weighted by Crippen LogP contribution is -2.43. The van der Waals surface area contributed by atoms with Crippen molar-refractivity contribution in [3.8, 4) is 0 Å². The van der Waals surface area contributed by atoms with Crippen LogP contribution in [0.1, 0.15) is 35.1 Å². The van der Waals surface area contributed by atoms with Crippen LogP contribution in [0.3, 0.4) is 0 Å². The second kappa shape index (κ2) is 6.51. The number of imidazole rings is 1. The van der Waals surface area contributed by atoms with E-state index < -0.39 is 0 Å². The van der Waals surface area contributed by atoms with Crippen molar-refractivity contribution in [2.24, 2.45) is 7.05 Å². The van der Waals surface area contributed by atoms with Crippen LogP contribution < -0.4 is 16.2 Å². The molecular formula is C15H23N7O. The van der Waals surface area contributed by atoms with Crippen molar-refractivity contribution in [3.05, 3.63) is 35.2 Å². The molecule has 8 nitrogen and oxygen atoms in total. The van der Waals surface area contributed by atoms with Crippen LogP contribution in [0.15, 0.2) is 12.5 Å². The van der Waals surface area contributed by atoms with E-state index in [2.05, 4.69) is 38.2 Å². The van der Waals surface area contributed by atoms with Gasteiger partial charge in [0.1, 0.15) is 6.04 Å². The minimum atomic E-state index is -0.235. The molecule has 2 atom stereocenters. The Hall–Kier alpha value is -2.19. The number of hydrogen-bond acceptors (Lipinski definition) is 5. The molecule has 0 radical (unpaired) electrons. The predicted molar refractivity (Wildman–Crippen MR) is 85.4 cm³/mol. The smallest absolute Gasteiger partial charge is 0.238 e. The van der Waals surface area contributed by atoms with Gasteiger partial charge in [0.2, 0.25) is 5.91 Å². The summed E-state index contributed by atoms with van der Waals surface area (Å²) in [6, 6.07) is -0.132. The number of nitrogens with zero attached hydrogens (tertiary/aromatic N) is 3. The van der Waals surface area contributed by atoms with Crippen LogP contribution in [0.4, 0.5) is 0 Å². The first kappa shape index (κ1) is 15.7. The minimum Gasteiger partial charge on any atom is -0.354 e. The molecule has 124 valence electrons. The van der Waals surface area contributed by atoms with Crippen molar-refractivity contribution < 1.29 is 4.79 Å². The van der Waals surface area contributed by atoms with Crippen LogP contribution in [0, 0.1) is 13.8 Å². The van der Waals surface area contributed by atoms with Crippen LogP contribution in [0.25, 0.3) is 0 Å². The number of amides is 1. The standard InChI is InChI=1S/C15H23N7O/c1-9-14(10(2)22(3)21-9)12-6-13(20-19-12)15(23)17-5-4-11-7-16-8-18-11/h7-8,12-13,19-20H,4-6H2,1-3H3,(H,16,18)(H,17,23). The molecular weight excluding hydrogens is 294 g/mol. The van der Waals surface area contributed by atoms with E-state index in [1.54, 1.807) is 12.5 Å². The van der Waals surface area contributed by atoms with Crippen LogP contribution in [0.2, 0.25) is 0 Å². The number of nitrogens with one attached hydrogen (secondary N) is 4. The van der Waals surface area contributed by atoms with Gasteiger partial charge in [0.15, 0.2) is 0 Å². The van der Waals surface area contributed by atoms with E-state index in [-0.39, 0.29) is 18.0 Å². The number of carbonyl (C=O) groups is 1. The third-order valence-electron chi connectivity index (χ3n) is 4.38. The highest BCUT2D eigenvalue weighted by molar-refractivity contribution is 5.82. The molecule has 0 spiro atoms. The number of aromatic nitrogens is 4. The first-order chi connectivity index (χ1) is 11.1. The van der Waals surface area contributed by atoms with E-state index >= 15 is 0 Å². The van der Waals surface area contributed by atoms with E-state index in [1.807, 2.05) is 18.7 Å². The monoisotopic (exact) mass is 317 g/mol. The SMILES string of the molecule is Cc1nn(C)c(C)c1C1CC(C(=O)NCCc2cnc[nH]2)NN1. The summed E-state index contributed by atoms with van der Waals surface area (Å²) in [4.78, 5) is 19.3. The van der Waals surface area contributed by atoms with E-state index in [1.165, 1.54) is 5.56 Å². The van der Waals surface area contributed by atoms with E-state index in [4.69, 9.17) is 0 Å². The van der Waals surface area contributed by atoms with Crippen molar-refractivity contribution in [1.82, 2.24) is 35.9 Å². The summed E-state index contributed by atoms with van der Waals surface area (Å²) >= 11 is 0. The molecule has 2 unspecified atom stereocenters. The summed E-state index contributed by atoms with van der Waals surface area (Å²) in [5.74, 6) is 0.0127. The molecule has 3 heterocycles. The molecule has 0 bridgehead atoms. The van der Waals surface area contributed by atoms with Gasteiger partial charge in [0.05, 0.1) is 18.1 Å². The number of aryl methyl sites for hydroxylation is 2. The van der Waals surface area contributed by atoms with Gasteiger partial charge < -0.3 is 10.3 Å².